The molecule has 2 N–H and O–H groups in total. The van der Waals surface area contributed by atoms with Crippen molar-refractivity contribution in [1.82, 2.24) is 9.97 Å². The molecule has 1 atom stereocenters. The standard InChI is InChI=1S/C12H10FN3O/c13-11-3-8(1-2-9(11)4-14)10(6-17)12-5-15-7-16-12/h1-3,5,7,10,17H,6H2,(H,15,16). The van der Waals surface area contributed by atoms with Crippen LogP contribution in [-0.2, 0) is 0 Å². The van der Waals surface area contributed by atoms with Crippen molar-refractivity contribution < 1.29 is 9.50 Å². The fourth-order valence-electron chi connectivity index (χ4n) is 1.68. The lowest BCUT2D eigenvalue weighted by Crippen LogP contribution is -2.07. The largest absolute Gasteiger partial charge is 0.395 e. The van der Waals surface area contributed by atoms with Gasteiger partial charge in [0.15, 0.2) is 0 Å². The Balaban J connectivity index is 2.39. The van der Waals surface area contributed by atoms with Crippen molar-refractivity contribution in [3.63, 3.8) is 0 Å². The second-order valence-electron chi connectivity index (χ2n) is 3.59. The Kier molecular flexibility index (Phi) is 3.17. The molecule has 17 heavy (non-hydrogen) atoms. The molecule has 1 aromatic carbocycles. The first-order valence-corrected chi connectivity index (χ1v) is 5.05. The Morgan fingerprint density at radius 3 is 2.88 bits per heavy atom. The SMILES string of the molecule is N#Cc1ccc(C(CO)c2cnc[nH]2)cc1F. The highest BCUT2D eigenvalue weighted by molar-refractivity contribution is 5.37. The van der Waals surface area contributed by atoms with Gasteiger partial charge in [-0.1, -0.05) is 6.07 Å². The molecular formula is C12H10FN3O. The third kappa shape index (κ3) is 2.17. The molecule has 1 heterocycles. The summed E-state index contributed by atoms with van der Waals surface area (Å²) in [5, 5.41) is 18.0. The maximum Gasteiger partial charge on any atom is 0.141 e. The van der Waals surface area contributed by atoms with Crippen LogP contribution in [0.1, 0.15) is 22.7 Å². The maximum absolute atomic E-state index is 13.5. The summed E-state index contributed by atoms with van der Waals surface area (Å²) in [5.41, 5.74) is 1.31. The Morgan fingerprint density at radius 1 is 1.53 bits per heavy atom. The van der Waals surface area contributed by atoms with Gasteiger partial charge in [0, 0.05) is 17.8 Å². The zero-order chi connectivity index (χ0) is 12.3. The number of nitrogens with zero attached hydrogens (tertiary/aromatic N) is 2. The molecule has 4 nitrogen and oxygen atoms in total. The van der Waals surface area contributed by atoms with E-state index in [9.17, 15) is 9.50 Å². The van der Waals surface area contributed by atoms with Crippen molar-refractivity contribution in [2.75, 3.05) is 6.61 Å². The second-order valence-corrected chi connectivity index (χ2v) is 3.59. The van der Waals surface area contributed by atoms with Crippen LogP contribution in [0.25, 0.3) is 0 Å². The number of H-pyrrole nitrogens is 1. The fraction of sp³-hybridized carbons (Fsp3) is 0.167. The van der Waals surface area contributed by atoms with Crippen molar-refractivity contribution >= 4 is 0 Å². The summed E-state index contributed by atoms with van der Waals surface area (Å²) in [6.45, 7) is -0.159. The maximum atomic E-state index is 13.5. The predicted octanol–water partition coefficient (Wildman–Crippen LogP) is 1.54. The van der Waals surface area contributed by atoms with Gasteiger partial charge in [0.1, 0.15) is 11.9 Å². The van der Waals surface area contributed by atoms with E-state index in [2.05, 4.69) is 9.97 Å². The van der Waals surface area contributed by atoms with Crippen molar-refractivity contribution in [2.45, 2.75) is 5.92 Å². The molecule has 0 aliphatic carbocycles. The summed E-state index contributed by atoms with van der Waals surface area (Å²) in [5.74, 6) is -0.942. The number of benzene rings is 1. The normalized spacial score (nSPS) is 12.1. The lowest BCUT2D eigenvalue weighted by molar-refractivity contribution is 0.279. The van der Waals surface area contributed by atoms with E-state index >= 15 is 0 Å². The summed E-state index contributed by atoms with van der Waals surface area (Å²) in [4.78, 5) is 6.74. The summed E-state index contributed by atoms with van der Waals surface area (Å²) >= 11 is 0. The number of rotatable bonds is 3. The molecule has 0 fully saturated rings. The Bertz CT molecular complexity index is 545. The minimum Gasteiger partial charge on any atom is -0.395 e. The molecule has 0 spiro atoms. The van der Waals surface area contributed by atoms with Crippen LogP contribution in [0.4, 0.5) is 4.39 Å². The molecule has 0 saturated carbocycles. The number of imidazole rings is 1. The topological polar surface area (TPSA) is 72.7 Å². The van der Waals surface area contributed by atoms with Gasteiger partial charge < -0.3 is 10.1 Å². The molecule has 1 aromatic heterocycles. The number of nitriles is 1. The van der Waals surface area contributed by atoms with Gasteiger partial charge in [-0.3, -0.25) is 0 Å². The van der Waals surface area contributed by atoms with Crippen molar-refractivity contribution in [1.29, 1.82) is 5.26 Å². The average molecular weight is 231 g/mol. The second kappa shape index (κ2) is 4.76. The smallest absolute Gasteiger partial charge is 0.141 e. The van der Waals surface area contributed by atoms with Crippen LogP contribution in [0.5, 0.6) is 0 Å². The van der Waals surface area contributed by atoms with Crippen LogP contribution in [0.15, 0.2) is 30.7 Å². The highest BCUT2D eigenvalue weighted by atomic mass is 19.1. The Hall–Kier alpha value is -2.19. The molecule has 86 valence electrons. The summed E-state index contributed by atoms with van der Waals surface area (Å²) in [6.07, 6.45) is 3.08. The van der Waals surface area contributed by atoms with Crippen molar-refractivity contribution in [2.24, 2.45) is 0 Å². The van der Waals surface area contributed by atoms with E-state index < -0.39 is 5.82 Å². The molecule has 0 aliphatic heterocycles. The van der Waals surface area contributed by atoms with Crippen LogP contribution in [0.3, 0.4) is 0 Å². The van der Waals surface area contributed by atoms with Crippen LogP contribution in [0, 0.1) is 17.1 Å². The number of halogens is 1. The molecule has 0 amide bonds. The lowest BCUT2D eigenvalue weighted by atomic mass is 9.96. The van der Waals surface area contributed by atoms with Gasteiger partial charge >= 0.3 is 0 Å². The van der Waals surface area contributed by atoms with Crippen LogP contribution >= 0.6 is 0 Å². The average Bonchev–Trinajstić information content (AvgIpc) is 2.84. The van der Waals surface area contributed by atoms with Crippen LogP contribution in [-0.4, -0.2) is 21.7 Å². The number of nitrogens with one attached hydrogen (secondary N) is 1. The number of hydrogen-bond donors (Lipinski definition) is 2. The predicted molar refractivity (Wildman–Crippen MR) is 58.6 cm³/mol. The highest BCUT2D eigenvalue weighted by Crippen LogP contribution is 2.23. The van der Waals surface area contributed by atoms with E-state index in [1.54, 1.807) is 18.3 Å². The van der Waals surface area contributed by atoms with E-state index in [-0.39, 0.29) is 18.1 Å². The zero-order valence-corrected chi connectivity index (χ0v) is 8.89. The first-order valence-electron chi connectivity index (χ1n) is 5.05. The Morgan fingerprint density at radius 2 is 2.35 bits per heavy atom. The molecule has 0 saturated heterocycles. The van der Waals surface area contributed by atoms with Crippen LogP contribution in [0.2, 0.25) is 0 Å². The summed E-state index contributed by atoms with van der Waals surface area (Å²) < 4.78 is 13.5. The molecule has 0 bridgehead atoms. The molecule has 1 unspecified atom stereocenters. The quantitative estimate of drug-likeness (QED) is 0.841. The number of aliphatic hydroxyl groups is 1. The van der Waals surface area contributed by atoms with Crippen molar-refractivity contribution in [3.8, 4) is 6.07 Å². The minimum atomic E-state index is -0.581. The zero-order valence-electron chi connectivity index (χ0n) is 8.89. The van der Waals surface area contributed by atoms with Gasteiger partial charge in [-0.05, 0) is 17.7 Å². The number of hydrogen-bond acceptors (Lipinski definition) is 3. The van der Waals surface area contributed by atoms with E-state index in [4.69, 9.17) is 5.26 Å². The first-order chi connectivity index (χ1) is 8.26. The van der Waals surface area contributed by atoms with Gasteiger partial charge in [0.05, 0.1) is 18.5 Å². The molecule has 2 aromatic rings. The third-order valence-electron chi connectivity index (χ3n) is 2.59. The van der Waals surface area contributed by atoms with Gasteiger partial charge in [0.25, 0.3) is 0 Å². The number of aromatic nitrogens is 2. The van der Waals surface area contributed by atoms with E-state index in [0.29, 0.717) is 11.3 Å². The lowest BCUT2D eigenvalue weighted by Gasteiger charge is -2.12. The molecule has 0 aliphatic rings. The molecule has 0 radical (unpaired) electrons. The third-order valence-corrected chi connectivity index (χ3v) is 2.59. The number of aromatic amines is 1. The van der Waals surface area contributed by atoms with Gasteiger partial charge in [-0.2, -0.15) is 5.26 Å². The summed E-state index contributed by atoms with van der Waals surface area (Å²) in [6, 6.07) is 6.06. The molecular weight excluding hydrogens is 221 g/mol. The first kappa shape index (κ1) is 11.3. The Labute approximate surface area is 97.4 Å². The highest BCUT2D eigenvalue weighted by Gasteiger charge is 2.16. The van der Waals surface area contributed by atoms with E-state index in [1.807, 2.05) is 0 Å². The van der Waals surface area contributed by atoms with E-state index in [1.165, 1.54) is 18.5 Å². The molecule has 5 heteroatoms. The van der Waals surface area contributed by atoms with E-state index in [0.717, 1.165) is 0 Å². The molecule has 2 rings (SSSR count). The summed E-state index contributed by atoms with van der Waals surface area (Å²) in [7, 11) is 0. The van der Waals surface area contributed by atoms with Gasteiger partial charge in [0.2, 0.25) is 0 Å². The number of aliphatic hydroxyl groups excluding tert-OH is 1. The fourth-order valence-corrected chi connectivity index (χ4v) is 1.68. The monoisotopic (exact) mass is 231 g/mol. The van der Waals surface area contributed by atoms with Gasteiger partial charge in [-0.25, -0.2) is 9.37 Å². The van der Waals surface area contributed by atoms with Crippen molar-refractivity contribution in [3.05, 3.63) is 53.4 Å². The minimum absolute atomic E-state index is 0.00458. The van der Waals surface area contributed by atoms with Crippen LogP contribution < -0.4 is 0 Å². The van der Waals surface area contributed by atoms with Gasteiger partial charge in [-0.15, -0.1) is 0 Å².